The molecule has 1 saturated heterocycles. The first-order chi connectivity index (χ1) is 11.1. The number of aliphatic hydroxyl groups is 10. The summed E-state index contributed by atoms with van der Waals surface area (Å²) in [7, 11) is 0. The highest BCUT2D eigenvalue weighted by atomic mass is 16.6. The zero-order valence-electron chi connectivity index (χ0n) is 12.5. The molecule has 9 atom stereocenters. The van der Waals surface area contributed by atoms with Crippen LogP contribution in [0.3, 0.4) is 0 Å². The Kier molecular flexibility index (Phi) is 10.6. The summed E-state index contributed by atoms with van der Waals surface area (Å²) in [6.07, 6.45) is -13.9. The lowest BCUT2D eigenvalue weighted by Gasteiger charge is -2.37. The summed E-state index contributed by atoms with van der Waals surface area (Å²) in [5.74, 6) is 0. The summed E-state index contributed by atoms with van der Waals surface area (Å²) in [5.41, 5.74) is 0. The molecule has 1 fully saturated rings. The second-order valence-electron chi connectivity index (χ2n) is 5.08. The summed E-state index contributed by atoms with van der Waals surface area (Å²) in [6.45, 7) is -1.29. The molecule has 10 N–H and O–H groups in total. The van der Waals surface area contributed by atoms with Crippen LogP contribution in [-0.4, -0.2) is 126 Å². The van der Waals surface area contributed by atoms with Gasteiger partial charge in [0, 0.05) is 0 Å². The van der Waals surface area contributed by atoms with Crippen molar-refractivity contribution in [1.29, 1.82) is 0 Å². The molecule has 144 valence electrons. The molecule has 24 heavy (non-hydrogen) atoms. The number of carbonyl (C=O) groups excluding carboxylic acids is 1. The van der Waals surface area contributed by atoms with Crippen LogP contribution >= 0.6 is 0 Å². The molecule has 1 heterocycles. The molecule has 0 radical (unpaired) electrons. The van der Waals surface area contributed by atoms with Crippen molar-refractivity contribution < 1.29 is 60.6 Å². The summed E-state index contributed by atoms with van der Waals surface area (Å²) >= 11 is 0. The quantitative estimate of drug-likeness (QED) is 0.199. The van der Waals surface area contributed by atoms with E-state index < -0.39 is 68.3 Å². The lowest BCUT2D eigenvalue weighted by atomic mass is 10.00. The largest absolute Gasteiger partial charge is 0.394 e. The van der Waals surface area contributed by atoms with Gasteiger partial charge in [-0.3, -0.25) is 0 Å². The summed E-state index contributed by atoms with van der Waals surface area (Å²) < 4.78 is 4.58. The molecule has 0 aromatic heterocycles. The minimum Gasteiger partial charge on any atom is -0.394 e. The predicted molar refractivity (Wildman–Crippen MR) is 73.2 cm³/mol. The molecule has 12 heteroatoms. The molecular weight excluding hydrogens is 336 g/mol. The van der Waals surface area contributed by atoms with E-state index in [9.17, 15) is 4.79 Å². The topological polar surface area (TPSA) is 229 Å². The maximum Gasteiger partial charge on any atom is 0.184 e. The maximum atomic E-state index is 9.90. The van der Waals surface area contributed by atoms with E-state index in [0.717, 1.165) is 0 Å². The smallest absolute Gasteiger partial charge is 0.184 e. The number of aliphatic hydroxyl groups excluding tert-OH is 10. The van der Waals surface area contributed by atoms with Crippen LogP contribution < -0.4 is 0 Å². The first kappa shape index (κ1) is 23.2. The molecule has 12 nitrogen and oxygen atoms in total. The van der Waals surface area contributed by atoms with Gasteiger partial charge < -0.3 is 60.6 Å². The lowest BCUT2D eigenvalue weighted by Crippen LogP contribution is -2.58. The number of ether oxygens (including phenoxy) is 1. The number of carbonyl (C=O) groups is 1. The zero-order chi connectivity index (χ0) is 19.0. The Labute approximate surface area is 136 Å². The third kappa shape index (κ3) is 6.27. The molecule has 1 aliphatic rings. The van der Waals surface area contributed by atoms with Gasteiger partial charge in [-0.1, -0.05) is 0 Å². The fraction of sp³-hybridized carbons (Fsp3) is 0.917. The molecular formula is C12H24O12. The van der Waals surface area contributed by atoms with Crippen LogP contribution in [0.1, 0.15) is 0 Å². The van der Waals surface area contributed by atoms with Crippen molar-refractivity contribution in [2.24, 2.45) is 0 Å². The molecule has 1 aliphatic heterocycles. The Hall–Kier alpha value is -0.770. The van der Waals surface area contributed by atoms with Gasteiger partial charge >= 0.3 is 0 Å². The molecule has 0 spiro atoms. The van der Waals surface area contributed by atoms with Crippen LogP contribution in [0.5, 0.6) is 0 Å². The van der Waals surface area contributed by atoms with Gasteiger partial charge in [0.2, 0.25) is 0 Å². The molecule has 0 aromatic rings. The molecule has 0 aromatic carbocycles. The average Bonchev–Trinajstić information content (AvgIpc) is 2.60. The fourth-order valence-electron chi connectivity index (χ4n) is 1.70. The third-order valence-corrected chi connectivity index (χ3v) is 3.29. The van der Waals surface area contributed by atoms with E-state index in [1.165, 1.54) is 0 Å². The molecule has 0 bridgehead atoms. The minimum atomic E-state index is -1.79. The van der Waals surface area contributed by atoms with Gasteiger partial charge in [0.15, 0.2) is 12.6 Å². The van der Waals surface area contributed by atoms with Crippen LogP contribution in [-0.2, 0) is 9.53 Å². The van der Waals surface area contributed by atoms with Gasteiger partial charge in [-0.2, -0.15) is 0 Å². The third-order valence-electron chi connectivity index (χ3n) is 3.29. The maximum absolute atomic E-state index is 9.90. The number of rotatable bonds is 6. The van der Waals surface area contributed by atoms with Crippen molar-refractivity contribution in [3.63, 3.8) is 0 Å². The van der Waals surface area contributed by atoms with Gasteiger partial charge in [-0.15, -0.1) is 0 Å². The lowest BCUT2D eigenvalue weighted by molar-refractivity contribution is -0.286. The Balaban J connectivity index is 0.000000441. The summed E-state index contributed by atoms with van der Waals surface area (Å²) in [4.78, 5) is 9.90. The number of aldehydes is 1. The minimum absolute atomic E-state index is 0.0258. The predicted octanol–water partition coefficient (Wildman–Crippen LogP) is -6.60. The van der Waals surface area contributed by atoms with E-state index in [-0.39, 0.29) is 6.29 Å². The van der Waals surface area contributed by atoms with E-state index in [1.807, 2.05) is 0 Å². The fourth-order valence-corrected chi connectivity index (χ4v) is 1.70. The highest BCUT2D eigenvalue weighted by molar-refractivity contribution is 5.56. The first-order valence-electron chi connectivity index (χ1n) is 6.89. The number of hydrogen-bond donors (Lipinski definition) is 10. The van der Waals surface area contributed by atoms with Gasteiger partial charge in [-0.05, 0) is 0 Å². The second-order valence-corrected chi connectivity index (χ2v) is 5.08. The molecule has 0 amide bonds. The van der Waals surface area contributed by atoms with Gasteiger partial charge in [-0.25, -0.2) is 0 Å². The number of hydrogen-bond acceptors (Lipinski definition) is 12. The zero-order valence-corrected chi connectivity index (χ0v) is 12.5. The highest BCUT2D eigenvalue weighted by Gasteiger charge is 2.42. The van der Waals surface area contributed by atoms with Gasteiger partial charge in [0.05, 0.1) is 13.2 Å². The van der Waals surface area contributed by atoms with Gasteiger partial charge in [0.1, 0.15) is 48.8 Å². The first-order valence-corrected chi connectivity index (χ1v) is 6.89. The van der Waals surface area contributed by atoms with E-state index in [1.54, 1.807) is 0 Å². The highest BCUT2D eigenvalue weighted by Crippen LogP contribution is 2.19. The molecule has 0 saturated carbocycles. The van der Waals surface area contributed by atoms with Crippen molar-refractivity contribution >= 4 is 6.29 Å². The second kappa shape index (κ2) is 11.0. The standard InChI is InChI=1S/2C6H12O6/c7-1-2-3(8)4(9)5(10)6(11)12-2;7-1-3(9)5(11)6(12)4(10)2-8/h2-11H,1H2;1,3-6,8-12H,2H2/t2-,3+,4+,5-,6?;3-,4+,5+,6-/m10/s1. The van der Waals surface area contributed by atoms with Gasteiger partial charge in [0.25, 0.3) is 0 Å². The van der Waals surface area contributed by atoms with Crippen LogP contribution in [0.4, 0.5) is 0 Å². The van der Waals surface area contributed by atoms with E-state index >= 15 is 0 Å². The van der Waals surface area contributed by atoms with Crippen molar-refractivity contribution in [2.75, 3.05) is 13.2 Å². The normalized spacial score (nSPS) is 35.2. The van der Waals surface area contributed by atoms with Crippen molar-refractivity contribution in [3.05, 3.63) is 0 Å². The summed E-state index contributed by atoms with van der Waals surface area (Å²) in [6, 6.07) is 0. The van der Waals surface area contributed by atoms with Crippen molar-refractivity contribution in [3.8, 4) is 0 Å². The monoisotopic (exact) mass is 360 g/mol. The van der Waals surface area contributed by atoms with Crippen LogP contribution in [0, 0.1) is 0 Å². The molecule has 1 unspecified atom stereocenters. The van der Waals surface area contributed by atoms with E-state index in [4.69, 9.17) is 51.1 Å². The van der Waals surface area contributed by atoms with Crippen molar-refractivity contribution in [1.82, 2.24) is 0 Å². The Morgan fingerprint density at radius 1 is 0.875 bits per heavy atom. The van der Waals surface area contributed by atoms with Crippen LogP contribution in [0.2, 0.25) is 0 Å². The Morgan fingerprint density at radius 3 is 1.83 bits per heavy atom. The van der Waals surface area contributed by atoms with Crippen LogP contribution in [0.15, 0.2) is 0 Å². The van der Waals surface area contributed by atoms with Crippen molar-refractivity contribution in [2.45, 2.75) is 55.1 Å². The summed E-state index contributed by atoms with van der Waals surface area (Å²) in [5, 5.41) is 88.2. The van der Waals surface area contributed by atoms with Crippen LogP contribution in [0.25, 0.3) is 0 Å². The Morgan fingerprint density at radius 2 is 1.42 bits per heavy atom. The van der Waals surface area contributed by atoms with E-state index in [0.29, 0.717) is 0 Å². The SMILES string of the molecule is O=C[C@H](O)[C@@H](O)[C@@H](O)[C@H](O)CO.OC[C@H]1OC(O)[C@H](O)[C@@H](O)[C@H]1O. The van der Waals surface area contributed by atoms with E-state index in [2.05, 4.69) is 4.74 Å². The molecule has 1 rings (SSSR count). The average molecular weight is 360 g/mol. The Bertz CT molecular complexity index is 350. The molecule has 0 aliphatic carbocycles.